The summed E-state index contributed by atoms with van der Waals surface area (Å²) in [5, 5.41) is 4.32. The molecule has 1 aliphatic rings. The van der Waals surface area contributed by atoms with Crippen LogP contribution in [0.3, 0.4) is 0 Å². The van der Waals surface area contributed by atoms with Gasteiger partial charge in [0.1, 0.15) is 10.8 Å². The Labute approximate surface area is 117 Å². The molecule has 18 heavy (non-hydrogen) atoms. The molecule has 0 radical (unpaired) electrons. The summed E-state index contributed by atoms with van der Waals surface area (Å²) < 4.78 is 13.9. The Morgan fingerprint density at radius 1 is 1.44 bits per heavy atom. The van der Waals surface area contributed by atoms with Gasteiger partial charge in [0.15, 0.2) is 0 Å². The monoisotopic (exact) mass is 326 g/mol. The molecule has 1 fully saturated rings. The quantitative estimate of drug-likeness (QED) is 0.919. The van der Waals surface area contributed by atoms with E-state index in [1.165, 1.54) is 23.8 Å². The lowest BCUT2D eigenvalue weighted by atomic mass is 10.2. The molecule has 1 aliphatic carbocycles. The summed E-state index contributed by atoms with van der Waals surface area (Å²) in [6, 6.07) is 5.81. The maximum atomic E-state index is 13.5. The highest BCUT2D eigenvalue weighted by Crippen LogP contribution is 2.28. The summed E-state index contributed by atoms with van der Waals surface area (Å²) in [4.78, 5) is 5.55. The number of hydrogen-bond donors (Lipinski definition) is 1. The smallest absolute Gasteiger partial charge is 0.138 e. The van der Waals surface area contributed by atoms with Crippen LogP contribution in [0.25, 0.3) is 10.6 Å². The lowest BCUT2D eigenvalue weighted by Gasteiger charge is -1.99. The van der Waals surface area contributed by atoms with E-state index in [2.05, 4.69) is 26.2 Å². The van der Waals surface area contributed by atoms with Gasteiger partial charge in [-0.3, -0.25) is 0 Å². The number of halogens is 2. The van der Waals surface area contributed by atoms with Crippen molar-refractivity contribution in [1.29, 1.82) is 0 Å². The van der Waals surface area contributed by atoms with Crippen molar-refractivity contribution in [1.82, 2.24) is 10.3 Å². The van der Waals surface area contributed by atoms with Crippen LogP contribution in [0.1, 0.15) is 17.7 Å². The van der Waals surface area contributed by atoms with Gasteiger partial charge in [-0.25, -0.2) is 9.37 Å². The Hall–Kier alpha value is -0.780. The molecule has 0 aliphatic heterocycles. The molecule has 1 aromatic carbocycles. The summed E-state index contributed by atoms with van der Waals surface area (Å²) >= 11 is 4.77. The van der Waals surface area contributed by atoms with Crippen LogP contribution in [0.4, 0.5) is 4.39 Å². The predicted octanol–water partition coefficient (Wildman–Crippen LogP) is 3.96. The second-order valence-electron chi connectivity index (χ2n) is 4.42. The van der Waals surface area contributed by atoms with Gasteiger partial charge in [0.05, 0.1) is 4.47 Å². The van der Waals surface area contributed by atoms with E-state index < -0.39 is 0 Å². The van der Waals surface area contributed by atoms with Crippen molar-refractivity contribution in [3.63, 3.8) is 0 Å². The molecule has 2 aromatic rings. The average Bonchev–Trinajstić information content (AvgIpc) is 3.08. The lowest BCUT2D eigenvalue weighted by Crippen LogP contribution is -2.14. The van der Waals surface area contributed by atoms with E-state index in [0.29, 0.717) is 10.5 Å². The molecule has 1 saturated carbocycles. The zero-order chi connectivity index (χ0) is 12.5. The van der Waals surface area contributed by atoms with Gasteiger partial charge in [0.2, 0.25) is 0 Å². The van der Waals surface area contributed by atoms with Crippen molar-refractivity contribution < 1.29 is 4.39 Å². The Morgan fingerprint density at radius 2 is 2.28 bits per heavy atom. The molecule has 5 heteroatoms. The molecule has 0 atom stereocenters. The van der Waals surface area contributed by atoms with Crippen LogP contribution in [-0.2, 0) is 6.54 Å². The third-order valence-electron chi connectivity index (χ3n) is 2.86. The molecular weight excluding hydrogens is 315 g/mol. The fourth-order valence-corrected chi connectivity index (χ4v) is 2.79. The van der Waals surface area contributed by atoms with E-state index in [0.717, 1.165) is 17.1 Å². The first kappa shape index (κ1) is 12.3. The van der Waals surface area contributed by atoms with Gasteiger partial charge < -0.3 is 5.32 Å². The second-order valence-corrected chi connectivity index (χ2v) is 6.39. The molecule has 3 rings (SSSR count). The van der Waals surface area contributed by atoms with Crippen LogP contribution in [0.15, 0.2) is 28.9 Å². The van der Waals surface area contributed by atoms with Crippen LogP contribution in [0.2, 0.25) is 0 Å². The third-order valence-corrected chi connectivity index (χ3v) is 4.55. The maximum absolute atomic E-state index is 13.5. The fraction of sp³-hybridized carbons (Fsp3) is 0.308. The van der Waals surface area contributed by atoms with E-state index in [1.54, 1.807) is 17.4 Å². The fourth-order valence-electron chi connectivity index (χ4n) is 1.68. The first-order chi connectivity index (χ1) is 8.72. The topological polar surface area (TPSA) is 24.9 Å². The van der Waals surface area contributed by atoms with Gasteiger partial charge in [0, 0.05) is 29.2 Å². The van der Waals surface area contributed by atoms with Crippen molar-refractivity contribution in [2.45, 2.75) is 25.4 Å². The van der Waals surface area contributed by atoms with Crippen molar-refractivity contribution >= 4 is 27.3 Å². The standard InChI is InChI=1S/C13H12BrFN2S/c14-11-4-1-8(5-12(11)15)13-17-7-10(18-13)6-16-9-2-3-9/h1,4-5,7,9,16H,2-3,6H2. The van der Waals surface area contributed by atoms with Crippen LogP contribution < -0.4 is 5.32 Å². The number of hydrogen-bond acceptors (Lipinski definition) is 3. The third kappa shape index (κ3) is 2.79. The van der Waals surface area contributed by atoms with Gasteiger partial charge in [0.25, 0.3) is 0 Å². The highest BCUT2D eigenvalue weighted by Gasteiger charge is 2.20. The molecule has 0 saturated heterocycles. The summed E-state index contributed by atoms with van der Waals surface area (Å²) in [6.45, 7) is 0.862. The number of nitrogens with one attached hydrogen (secondary N) is 1. The Morgan fingerprint density at radius 3 is 3.00 bits per heavy atom. The van der Waals surface area contributed by atoms with Gasteiger partial charge in [-0.05, 0) is 40.9 Å². The van der Waals surface area contributed by atoms with E-state index in [-0.39, 0.29) is 5.82 Å². The van der Waals surface area contributed by atoms with Crippen LogP contribution in [-0.4, -0.2) is 11.0 Å². The van der Waals surface area contributed by atoms with E-state index in [1.807, 2.05) is 12.3 Å². The highest BCUT2D eigenvalue weighted by atomic mass is 79.9. The van der Waals surface area contributed by atoms with Crippen molar-refractivity contribution in [3.8, 4) is 10.6 Å². The molecule has 2 nitrogen and oxygen atoms in total. The summed E-state index contributed by atoms with van der Waals surface area (Å²) in [7, 11) is 0. The Kier molecular flexibility index (Phi) is 3.46. The zero-order valence-corrected chi connectivity index (χ0v) is 12.0. The van der Waals surface area contributed by atoms with Crippen LogP contribution in [0, 0.1) is 5.82 Å². The normalized spacial score (nSPS) is 15.0. The second kappa shape index (κ2) is 5.07. The molecule has 0 bridgehead atoms. The van der Waals surface area contributed by atoms with Crippen molar-refractivity contribution in [2.75, 3.05) is 0 Å². The van der Waals surface area contributed by atoms with Crippen molar-refractivity contribution in [3.05, 3.63) is 39.6 Å². The van der Waals surface area contributed by atoms with Gasteiger partial charge in [-0.1, -0.05) is 6.07 Å². The van der Waals surface area contributed by atoms with Gasteiger partial charge in [-0.15, -0.1) is 11.3 Å². The molecule has 0 unspecified atom stereocenters. The minimum atomic E-state index is -0.250. The summed E-state index contributed by atoms with van der Waals surface area (Å²) in [6.07, 6.45) is 4.43. The highest BCUT2D eigenvalue weighted by molar-refractivity contribution is 9.10. The molecule has 0 amide bonds. The number of nitrogens with zero attached hydrogens (tertiary/aromatic N) is 1. The molecule has 1 aromatic heterocycles. The van der Waals surface area contributed by atoms with Crippen LogP contribution in [0.5, 0.6) is 0 Å². The average molecular weight is 327 g/mol. The molecular formula is C13H12BrFN2S. The molecule has 94 valence electrons. The number of aromatic nitrogens is 1. The number of thiazole rings is 1. The largest absolute Gasteiger partial charge is 0.309 e. The van der Waals surface area contributed by atoms with E-state index in [9.17, 15) is 4.39 Å². The molecule has 1 heterocycles. The Bertz CT molecular complexity index is 566. The lowest BCUT2D eigenvalue weighted by molar-refractivity contribution is 0.621. The SMILES string of the molecule is Fc1cc(-c2ncc(CNC3CC3)s2)ccc1Br. The number of rotatable bonds is 4. The van der Waals surface area contributed by atoms with Crippen LogP contribution >= 0.6 is 27.3 Å². The summed E-state index contributed by atoms with van der Waals surface area (Å²) in [5.41, 5.74) is 0.832. The number of benzene rings is 1. The first-order valence-electron chi connectivity index (χ1n) is 5.86. The van der Waals surface area contributed by atoms with Crippen molar-refractivity contribution in [2.24, 2.45) is 0 Å². The molecule has 1 N–H and O–H groups in total. The van der Waals surface area contributed by atoms with E-state index >= 15 is 0 Å². The zero-order valence-electron chi connectivity index (χ0n) is 9.62. The molecule has 0 spiro atoms. The first-order valence-corrected chi connectivity index (χ1v) is 7.47. The van der Waals surface area contributed by atoms with Gasteiger partial charge in [-0.2, -0.15) is 0 Å². The van der Waals surface area contributed by atoms with E-state index in [4.69, 9.17) is 0 Å². The maximum Gasteiger partial charge on any atom is 0.138 e. The minimum absolute atomic E-state index is 0.250. The predicted molar refractivity (Wildman–Crippen MR) is 75.1 cm³/mol. The Balaban J connectivity index is 1.76. The summed E-state index contributed by atoms with van der Waals surface area (Å²) in [5.74, 6) is -0.250. The van der Waals surface area contributed by atoms with Gasteiger partial charge >= 0.3 is 0 Å². The minimum Gasteiger partial charge on any atom is -0.309 e.